The summed E-state index contributed by atoms with van der Waals surface area (Å²) in [5.74, 6) is -0.538. The van der Waals surface area contributed by atoms with E-state index in [0.29, 0.717) is 17.9 Å². The summed E-state index contributed by atoms with van der Waals surface area (Å²) in [5.41, 5.74) is 1.74. The molecule has 0 aliphatic rings. The molecule has 0 saturated carbocycles. The van der Waals surface area contributed by atoms with Crippen LogP contribution in [0.3, 0.4) is 0 Å². The van der Waals surface area contributed by atoms with Crippen molar-refractivity contribution in [3.8, 4) is 5.75 Å². The Bertz CT molecular complexity index is 705. The van der Waals surface area contributed by atoms with Crippen LogP contribution in [-0.4, -0.2) is 23.6 Å². The van der Waals surface area contributed by atoms with Gasteiger partial charge in [-0.25, -0.2) is 0 Å². The number of carboxylic acid groups (broad SMARTS) is 1. The van der Waals surface area contributed by atoms with Gasteiger partial charge in [-0.2, -0.15) is 0 Å². The van der Waals surface area contributed by atoms with E-state index in [1.54, 1.807) is 6.92 Å². The van der Waals surface area contributed by atoms with Crippen molar-refractivity contribution < 1.29 is 23.8 Å². The van der Waals surface area contributed by atoms with Gasteiger partial charge < -0.3 is 19.6 Å². The van der Waals surface area contributed by atoms with Gasteiger partial charge in [-0.1, -0.05) is 18.2 Å². The number of hydrogen-bond donors (Lipinski definition) is 2. The minimum atomic E-state index is -1.05. The Balaban J connectivity index is 2.11. The van der Waals surface area contributed by atoms with E-state index >= 15 is 0 Å². The van der Waals surface area contributed by atoms with Gasteiger partial charge in [-0.05, 0) is 19.9 Å². The summed E-state index contributed by atoms with van der Waals surface area (Å²) in [6.45, 7) is 4.42. The van der Waals surface area contributed by atoms with Crippen LogP contribution in [0.2, 0.25) is 0 Å². The number of aryl methyl sites for hydroxylation is 1. The lowest BCUT2D eigenvalue weighted by molar-refractivity contribution is -0.136. The maximum Gasteiger partial charge on any atom is 0.311 e. The number of carbonyl (C=O) groups is 2. The highest BCUT2D eigenvalue weighted by Crippen LogP contribution is 2.20. The quantitative estimate of drug-likeness (QED) is 0.819. The second-order valence-electron chi connectivity index (χ2n) is 5.01. The monoisotopic (exact) mass is 317 g/mol. The molecule has 2 rings (SSSR count). The van der Waals surface area contributed by atoms with Crippen molar-refractivity contribution in [2.45, 2.75) is 26.8 Å². The average Bonchev–Trinajstić information content (AvgIpc) is 2.86. The zero-order valence-corrected chi connectivity index (χ0v) is 13.1. The third-order valence-corrected chi connectivity index (χ3v) is 3.30. The number of hydrogen-bond acceptors (Lipinski definition) is 4. The number of amides is 1. The maximum atomic E-state index is 12.4. The highest BCUT2D eigenvalue weighted by Gasteiger charge is 2.20. The summed E-state index contributed by atoms with van der Waals surface area (Å²) in [7, 11) is 0. The number of aliphatic carboxylic acids is 1. The van der Waals surface area contributed by atoms with Crippen molar-refractivity contribution in [1.82, 2.24) is 5.32 Å². The van der Waals surface area contributed by atoms with Crippen molar-refractivity contribution in [3.63, 3.8) is 0 Å². The molecule has 0 fully saturated rings. The van der Waals surface area contributed by atoms with Crippen molar-refractivity contribution in [2.24, 2.45) is 0 Å². The van der Waals surface area contributed by atoms with Crippen LogP contribution in [0.4, 0.5) is 0 Å². The number of nitrogens with one attached hydrogen (secondary N) is 1. The standard InChI is InChI=1S/C17H19NO5/c1-3-22-13-7-5-4-6-12(13)9-18-17(21)16-11(2)10-23-14(16)8-15(19)20/h4-7,10H,3,8-9H2,1-2H3,(H,18,21)(H,19,20). The fourth-order valence-electron chi connectivity index (χ4n) is 2.28. The van der Waals surface area contributed by atoms with Gasteiger partial charge in [-0.3, -0.25) is 9.59 Å². The molecule has 2 aromatic rings. The van der Waals surface area contributed by atoms with Crippen LogP contribution in [0.1, 0.15) is 34.2 Å². The molecule has 1 amide bonds. The number of benzene rings is 1. The van der Waals surface area contributed by atoms with Crippen LogP contribution in [0, 0.1) is 6.92 Å². The molecule has 1 aromatic carbocycles. The molecule has 0 aliphatic heterocycles. The second-order valence-corrected chi connectivity index (χ2v) is 5.01. The maximum absolute atomic E-state index is 12.4. The molecule has 0 saturated heterocycles. The first-order valence-electron chi connectivity index (χ1n) is 7.30. The van der Waals surface area contributed by atoms with E-state index in [1.165, 1.54) is 6.26 Å². The van der Waals surface area contributed by atoms with Crippen LogP contribution in [0.25, 0.3) is 0 Å². The minimum Gasteiger partial charge on any atom is -0.494 e. The lowest BCUT2D eigenvalue weighted by Gasteiger charge is -2.11. The number of para-hydroxylation sites is 1. The molecular weight excluding hydrogens is 298 g/mol. The summed E-state index contributed by atoms with van der Waals surface area (Å²) < 4.78 is 10.7. The molecule has 0 spiro atoms. The van der Waals surface area contributed by atoms with E-state index in [4.69, 9.17) is 14.3 Å². The fraction of sp³-hybridized carbons (Fsp3) is 0.294. The molecule has 6 nitrogen and oxygen atoms in total. The van der Waals surface area contributed by atoms with E-state index in [1.807, 2.05) is 31.2 Å². The molecule has 0 bridgehead atoms. The highest BCUT2D eigenvalue weighted by molar-refractivity contribution is 5.97. The Morgan fingerprint density at radius 2 is 2.04 bits per heavy atom. The Morgan fingerprint density at radius 3 is 2.74 bits per heavy atom. The Hall–Kier alpha value is -2.76. The van der Waals surface area contributed by atoms with Crippen LogP contribution in [-0.2, 0) is 17.8 Å². The summed E-state index contributed by atoms with van der Waals surface area (Å²) in [4.78, 5) is 23.2. The molecule has 0 aliphatic carbocycles. The van der Waals surface area contributed by atoms with Gasteiger partial charge in [0.05, 0.1) is 18.4 Å². The number of carboxylic acids is 1. The van der Waals surface area contributed by atoms with Crippen molar-refractivity contribution in [2.75, 3.05) is 6.61 Å². The summed E-state index contributed by atoms with van der Waals surface area (Å²) >= 11 is 0. The Labute approximate surface area is 134 Å². The third-order valence-electron chi connectivity index (χ3n) is 3.30. The largest absolute Gasteiger partial charge is 0.494 e. The predicted molar refractivity (Wildman–Crippen MR) is 83.6 cm³/mol. The second kappa shape index (κ2) is 7.49. The Morgan fingerprint density at radius 1 is 1.30 bits per heavy atom. The molecule has 2 N–H and O–H groups in total. The number of furan rings is 1. The molecule has 0 unspecified atom stereocenters. The zero-order valence-electron chi connectivity index (χ0n) is 13.1. The van der Waals surface area contributed by atoms with Gasteiger partial charge in [0.2, 0.25) is 0 Å². The molecule has 23 heavy (non-hydrogen) atoms. The first-order valence-corrected chi connectivity index (χ1v) is 7.30. The van der Waals surface area contributed by atoms with E-state index in [9.17, 15) is 9.59 Å². The SMILES string of the molecule is CCOc1ccccc1CNC(=O)c1c(C)coc1CC(=O)O. The van der Waals surface area contributed by atoms with Crippen LogP contribution >= 0.6 is 0 Å². The lowest BCUT2D eigenvalue weighted by Crippen LogP contribution is -2.24. The van der Waals surface area contributed by atoms with E-state index in [-0.39, 0.29) is 30.2 Å². The predicted octanol–water partition coefficient (Wildman–Crippen LogP) is 2.54. The van der Waals surface area contributed by atoms with Gasteiger partial charge in [0.1, 0.15) is 17.9 Å². The minimum absolute atomic E-state index is 0.158. The molecule has 6 heteroatoms. The van der Waals surface area contributed by atoms with Crippen molar-refractivity contribution in [3.05, 3.63) is 53.0 Å². The molecule has 0 atom stereocenters. The third kappa shape index (κ3) is 4.12. The number of ether oxygens (including phenoxy) is 1. The average molecular weight is 317 g/mol. The van der Waals surface area contributed by atoms with Gasteiger partial charge in [-0.15, -0.1) is 0 Å². The van der Waals surface area contributed by atoms with Gasteiger partial charge in [0.25, 0.3) is 5.91 Å². The first kappa shape index (κ1) is 16.6. The Kier molecular flexibility index (Phi) is 5.41. The highest BCUT2D eigenvalue weighted by atomic mass is 16.5. The molecular formula is C17H19NO5. The fourth-order valence-corrected chi connectivity index (χ4v) is 2.28. The van der Waals surface area contributed by atoms with Gasteiger partial charge >= 0.3 is 5.97 Å². The molecule has 1 heterocycles. The van der Waals surface area contributed by atoms with Gasteiger partial charge in [0.15, 0.2) is 0 Å². The van der Waals surface area contributed by atoms with Crippen LogP contribution < -0.4 is 10.1 Å². The lowest BCUT2D eigenvalue weighted by atomic mass is 10.1. The normalized spacial score (nSPS) is 10.3. The van der Waals surface area contributed by atoms with E-state index < -0.39 is 5.97 Å². The number of carbonyl (C=O) groups excluding carboxylic acids is 1. The molecule has 1 aromatic heterocycles. The van der Waals surface area contributed by atoms with Gasteiger partial charge in [0, 0.05) is 17.7 Å². The zero-order chi connectivity index (χ0) is 16.8. The topological polar surface area (TPSA) is 88.8 Å². The number of rotatable bonds is 7. The summed E-state index contributed by atoms with van der Waals surface area (Å²) in [6.07, 6.45) is 1.06. The molecule has 0 radical (unpaired) electrons. The van der Waals surface area contributed by atoms with E-state index in [2.05, 4.69) is 5.32 Å². The van der Waals surface area contributed by atoms with Crippen LogP contribution in [0.15, 0.2) is 34.9 Å². The van der Waals surface area contributed by atoms with Crippen molar-refractivity contribution in [1.29, 1.82) is 0 Å². The summed E-state index contributed by atoms with van der Waals surface area (Å²) in [6, 6.07) is 7.43. The first-order chi connectivity index (χ1) is 11.0. The van der Waals surface area contributed by atoms with Crippen LogP contribution in [0.5, 0.6) is 5.75 Å². The van der Waals surface area contributed by atoms with E-state index in [0.717, 1.165) is 5.56 Å². The summed E-state index contributed by atoms with van der Waals surface area (Å²) in [5, 5.41) is 11.7. The smallest absolute Gasteiger partial charge is 0.311 e. The van der Waals surface area contributed by atoms with Crippen molar-refractivity contribution >= 4 is 11.9 Å². The molecule has 122 valence electrons.